The highest BCUT2D eigenvalue weighted by atomic mass is 28.3. The largest absolute Gasteiger partial charge is 0.381 e. The number of rotatable bonds is 8. The molecule has 0 aromatic rings. The molecule has 0 aromatic heterocycles. The van der Waals surface area contributed by atoms with E-state index < -0.39 is 8.07 Å². The van der Waals surface area contributed by atoms with Crippen LogP contribution in [0.15, 0.2) is 0 Å². The Balaban J connectivity index is 2.43. The van der Waals surface area contributed by atoms with E-state index in [1.165, 1.54) is 63.8 Å². The fourth-order valence-electron chi connectivity index (χ4n) is 5.43. The average Bonchev–Trinajstić information content (AvgIpc) is 2.52. The second kappa shape index (κ2) is 11.7. The third-order valence-electron chi connectivity index (χ3n) is 6.98. The first kappa shape index (κ1) is 22.2. The highest BCUT2D eigenvalue weighted by Gasteiger charge is 2.41. The van der Waals surface area contributed by atoms with E-state index >= 15 is 0 Å². The highest BCUT2D eigenvalue weighted by Crippen LogP contribution is 2.44. The van der Waals surface area contributed by atoms with Crippen LogP contribution in [0, 0.1) is 5.92 Å². The summed E-state index contributed by atoms with van der Waals surface area (Å²) in [6.07, 6.45) is 12.9. The number of hydrogen-bond acceptors (Lipinski definition) is 1. The predicted molar refractivity (Wildman–Crippen MR) is 112 cm³/mol. The van der Waals surface area contributed by atoms with Crippen molar-refractivity contribution in [2.75, 3.05) is 13.2 Å². The quantitative estimate of drug-likeness (QED) is 0.319. The zero-order chi connectivity index (χ0) is 18.0. The Kier molecular flexibility index (Phi) is 10.9. The van der Waals surface area contributed by atoms with Gasteiger partial charge in [-0.1, -0.05) is 103 Å². The van der Waals surface area contributed by atoms with Crippen LogP contribution < -0.4 is 0 Å². The summed E-state index contributed by atoms with van der Waals surface area (Å²) in [6, 6.07) is 1.35. The molecule has 144 valence electrons. The molecule has 0 atom stereocenters. The molecule has 1 aliphatic carbocycles. The lowest BCUT2D eigenvalue weighted by molar-refractivity contribution is 0.0993. The van der Waals surface area contributed by atoms with E-state index in [9.17, 15) is 0 Å². The Bertz CT molecular complexity index is 279. The lowest BCUT2D eigenvalue weighted by Crippen LogP contribution is -2.45. The van der Waals surface area contributed by atoms with Crippen LogP contribution in [0.3, 0.4) is 0 Å². The first-order valence-electron chi connectivity index (χ1n) is 11.0. The maximum atomic E-state index is 6.28. The Labute approximate surface area is 154 Å². The van der Waals surface area contributed by atoms with E-state index in [0.29, 0.717) is 0 Å². The first-order valence-corrected chi connectivity index (χ1v) is 13.4. The summed E-state index contributed by atoms with van der Waals surface area (Å²) in [5.74, 6) is 0.830. The second-order valence-corrected chi connectivity index (χ2v) is 15.5. The van der Waals surface area contributed by atoms with Crippen LogP contribution in [-0.2, 0) is 4.74 Å². The van der Waals surface area contributed by atoms with E-state index in [1.54, 1.807) is 0 Å². The van der Waals surface area contributed by atoms with Gasteiger partial charge in [-0.3, -0.25) is 0 Å². The zero-order valence-corrected chi connectivity index (χ0v) is 18.7. The topological polar surface area (TPSA) is 9.23 Å². The summed E-state index contributed by atoms with van der Waals surface area (Å²) in [5, 5.41) is 0. The van der Waals surface area contributed by atoms with Crippen LogP contribution in [0.2, 0.25) is 22.7 Å². The highest BCUT2D eigenvalue weighted by molar-refractivity contribution is 6.83. The zero-order valence-electron chi connectivity index (χ0n) is 17.7. The fraction of sp³-hybridized carbons (Fsp3) is 1.00. The lowest BCUT2D eigenvalue weighted by Gasteiger charge is -2.43. The first-order chi connectivity index (χ1) is 11.4. The van der Waals surface area contributed by atoms with Crippen molar-refractivity contribution in [2.24, 2.45) is 5.92 Å². The van der Waals surface area contributed by atoms with Crippen LogP contribution in [0.4, 0.5) is 0 Å². The maximum absolute atomic E-state index is 6.28. The lowest BCUT2D eigenvalue weighted by atomic mass is 9.93. The van der Waals surface area contributed by atoms with Crippen LogP contribution in [-0.4, -0.2) is 21.3 Å². The molecule has 1 nitrogen and oxygen atoms in total. The number of hydrogen-bond donors (Lipinski definition) is 0. The van der Waals surface area contributed by atoms with Crippen molar-refractivity contribution in [3.8, 4) is 0 Å². The molecule has 2 heteroatoms. The van der Waals surface area contributed by atoms with Gasteiger partial charge in [0.2, 0.25) is 0 Å². The summed E-state index contributed by atoms with van der Waals surface area (Å²) in [6.45, 7) is 16.8. The van der Waals surface area contributed by atoms with Crippen molar-refractivity contribution in [3.63, 3.8) is 0 Å². The van der Waals surface area contributed by atoms with Gasteiger partial charge in [0.15, 0.2) is 0 Å². The molecule has 0 aliphatic heterocycles. The summed E-state index contributed by atoms with van der Waals surface area (Å²) in [7, 11) is -1.27. The summed E-state index contributed by atoms with van der Waals surface area (Å²) in [5.41, 5.74) is 2.57. The van der Waals surface area contributed by atoms with Crippen molar-refractivity contribution in [1.82, 2.24) is 0 Å². The molecular weight excluding hydrogens is 308 g/mol. The summed E-state index contributed by atoms with van der Waals surface area (Å²) < 4.78 is 6.28. The Morgan fingerprint density at radius 2 is 1.12 bits per heavy atom. The normalized spacial score (nSPS) is 19.4. The third-order valence-corrected chi connectivity index (χ3v) is 14.5. The van der Waals surface area contributed by atoms with Gasteiger partial charge in [-0.05, 0) is 24.8 Å². The molecule has 0 radical (unpaired) electrons. The van der Waals surface area contributed by atoms with Gasteiger partial charge in [0, 0.05) is 13.2 Å². The van der Waals surface area contributed by atoms with Crippen molar-refractivity contribution in [1.29, 1.82) is 0 Å². The SMILES string of the molecule is CC(C)[Si](CCOCC1CCCCCCCCC1)(C(C)C)C(C)C. The minimum Gasteiger partial charge on any atom is -0.381 e. The van der Waals surface area contributed by atoms with Gasteiger partial charge in [0.1, 0.15) is 0 Å². The molecule has 0 saturated heterocycles. The van der Waals surface area contributed by atoms with E-state index in [2.05, 4.69) is 41.5 Å². The Morgan fingerprint density at radius 3 is 1.54 bits per heavy atom. The van der Waals surface area contributed by atoms with Crippen molar-refractivity contribution < 1.29 is 4.74 Å². The number of ether oxygens (including phenoxy) is 1. The van der Waals surface area contributed by atoms with Crippen molar-refractivity contribution >= 4 is 8.07 Å². The second-order valence-electron chi connectivity index (χ2n) is 9.32. The van der Waals surface area contributed by atoms with Crippen LogP contribution in [0.1, 0.15) is 99.3 Å². The predicted octanol–water partition coefficient (Wildman–Crippen LogP) is 7.82. The summed E-state index contributed by atoms with van der Waals surface area (Å²) in [4.78, 5) is 0. The fourth-order valence-corrected chi connectivity index (χ4v) is 11.7. The van der Waals surface area contributed by atoms with E-state index in [0.717, 1.165) is 35.8 Å². The molecule has 1 aliphatic rings. The van der Waals surface area contributed by atoms with Crippen molar-refractivity contribution in [3.05, 3.63) is 0 Å². The minimum atomic E-state index is -1.27. The van der Waals surface area contributed by atoms with Crippen molar-refractivity contribution in [2.45, 2.75) is 122 Å². The maximum Gasteiger partial charge on any atom is 0.0635 e. The third kappa shape index (κ3) is 6.82. The van der Waals surface area contributed by atoms with Crippen LogP contribution in [0.25, 0.3) is 0 Å². The molecule has 1 rings (SSSR count). The molecule has 0 amide bonds. The van der Waals surface area contributed by atoms with Gasteiger partial charge >= 0.3 is 0 Å². The molecule has 0 heterocycles. The average molecular weight is 355 g/mol. The standard InChI is InChI=1S/C22H46OSi/c1-19(2)24(20(3)4,21(5)6)17-16-23-18-22-14-12-10-8-7-9-11-13-15-22/h19-22H,7-18H2,1-6H3. The van der Waals surface area contributed by atoms with Gasteiger partial charge in [-0.2, -0.15) is 0 Å². The molecule has 0 aromatic carbocycles. The molecule has 0 spiro atoms. The van der Waals surface area contributed by atoms with E-state index in [4.69, 9.17) is 4.74 Å². The molecule has 24 heavy (non-hydrogen) atoms. The van der Waals surface area contributed by atoms with E-state index in [1.807, 2.05) is 0 Å². The molecule has 1 fully saturated rings. The molecule has 0 unspecified atom stereocenters. The molecular formula is C22H46OSi. The van der Waals surface area contributed by atoms with Gasteiger partial charge in [-0.25, -0.2) is 0 Å². The molecule has 0 bridgehead atoms. The minimum absolute atomic E-state index is 0.830. The van der Waals surface area contributed by atoms with Crippen LogP contribution in [0.5, 0.6) is 0 Å². The Hall–Kier alpha value is 0.177. The van der Waals surface area contributed by atoms with Gasteiger partial charge in [0.05, 0.1) is 8.07 Å². The van der Waals surface area contributed by atoms with Gasteiger partial charge < -0.3 is 4.74 Å². The molecule has 0 N–H and O–H groups in total. The van der Waals surface area contributed by atoms with Crippen LogP contribution >= 0.6 is 0 Å². The Morgan fingerprint density at radius 1 is 0.708 bits per heavy atom. The van der Waals surface area contributed by atoms with Gasteiger partial charge in [-0.15, -0.1) is 0 Å². The van der Waals surface area contributed by atoms with E-state index in [-0.39, 0.29) is 0 Å². The molecule has 1 saturated carbocycles. The summed E-state index contributed by atoms with van der Waals surface area (Å²) >= 11 is 0. The van der Waals surface area contributed by atoms with Gasteiger partial charge in [0.25, 0.3) is 0 Å². The monoisotopic (exact) mass is 354 g/mol. The smallest absolute Gasteiger partial charge is 0.0635 e.